The SMILES string of the molecule is CC(C)Nc1ccc(F)cc1NC(=O)CCC1CCNC1.Cl.Cl. The number of carbonyl (C=O) groups is 1. The van der Waals surface area contributed by atoms with Crippen LogP contribution in [0.4, 0.5) is 15.8 Å². The van der Waals surface area contributed by atoms with E-state index in [1.54, 1.807) is 6.07 Å². The van der Waals surface area contributed by atoms with Gasteiger partial charge >= 0.3 is 0 Å². The molecule has 0 spiro atoms. The van der Waals surface area contributed by atoms with Crippen LogP contribution in [0.2, 0.25) is 0 Å². The predicted molar refractivity (Wildman–Crippen MR) is 98.5 cm³/mol. The molecule has 1 atom stereocenters. The Kier molecular flexibility index (Phi) is 10.2. The van der Waals surface area contributed by atoms with Crippen molar-refractivity contribution in [2.45, 2.75) is 39.2 Å². The van der Waals surface area contributed by atoms with Crippen molar-refractivity contribution in [3.8, 4) is 0 Å². The summed E-state index contributed by atoms with van der Waals surface area (Å²) >= 11 is 0. The fraction of sp³-hybridized carbons (Fsp3) is 0.562. The maximum Gasteiger partial charge on any atom is 0.224 e. The van der Waals surface area contributed by atoms with Crippen molar-refractivity contribution in [1.29, 1.82) is 0 Å². The van der Waals surface area contributed by atoms with Crippen LogP contribution >= 0.6 is 24.8 Å². The molecule has 1 aromatic carbocycles. The van der Waals surface area contributed by atoms with Gasteiger partial charge in [0, 0.05) is 12.5 Å². The first-order valence-electron chi connectivity index (χ1n) is 7.61. The van der Waals surface area contributed by atoms with E-state index in [-0.39, 0.29) is 42.6 Å². The summed E-state index contributed by atoms with van der Waals surface area (Å²) in [5.74, 6) is 0.176. The highest BCUT2D eigenvalue weighted by Crippen LogP contribution is 2.24. The monoisotopic (exact) mass is 365 g/mol. The zero-order chi connectivity index (χ0) is 15.2. The Morgan fingerprint density at radius 3 is 2.70 bits per heavy atom. The van der Waals surface area contributed by atoms with E-state index in [1.165, 1.54) is 12.1 Å². The summed E-state index contributed by atoms with van der Waals surface area (Å²) in [4.78, 5) is 12.0. The molecule has 1 amide bonds. The highest BCUT2D eigenvalue weighted by Gasteiger charge is 2.16. The second-order valence-electron chi connectivity index (χ2n) is 5.93. The summed E-state index contributed by atoms with van der Waals surface area (Å²) in [6, 6.07) is 4.63. The van der Waals surface area contributed by atoms with Crippen molar-refractivity contribution in [2.75, 3.05) is 23.7 Å². The minimum atomic E-state index is -0.348. The van der Waals surface area contributed by atoms with Crippen molar-refractivity contribution >= 4 is 42.1 Å². The molecule has 0 aromatic heterocycles. The summed E-state index contributed by atoms with van der Waals surface area (Å²) in [6.45, 7) is 6.04. The van der Waals surface area contributed by atoms with Crippen LogP contribution in [0, 0.1) is 11.7 Å². The van der Waals surface area contributed by atoms with Gasteiger partial charge in [0.25, 0.3) is 0 Å². The highest BCUT2D eigenvalue weighted by atomic mass is 35.5. The average Bonchev–Trinajstić information content (AvgIpc) is 2.92. The van der Waals surface area contributed by atoms with Crippen molar-refractivity contribution < 1.29 is 9.18 Å². The van der Waals surface area contributed by atoms with Crippen LogP contribution in [-0.2, 0) is 4.79 Å². The Bertz CT molecular complexity index is 494. The minimum absolute atomic E-state index is 0. The smallest absolute Gasteiger partial charge is 0.224 e. The number of carbonyl (C=O) groups excluding carboxylic acids is 1. The topological polar surface area (TPSA) is 53.2 Å². The predicted octanol–water partition coefficient (Wildman–Crippen LogP) is 3.82. The van der Waals surface area contributed by atoms with E-state index in [2.05, 4.69) is 16.0 Å². The quantitative estimate of drug-likeness (QED) is 0.718. The molecule has 0 aliphatic carbocycles. The average molecular weight is 366 g/mol. The molecule has 0 saturated carbocycles. The normalized spacial score (nSPS) is 16.4. The number of hydrogen-bond donors (Lipinski definition) is 3. The number of halogens is 3. The number of hydrogen-bond acceptors (Lipinski definition) is 3. The van der Waals surface area contributed by atoms with Gasteiger partial charge in [0.05, 0.1) is 11.4 Å². The second-order valence-corrected chi connectivity index (χ2v) is 5.93. The molecule has 3 N–H and O–H groups in total. The third-order valence-electron chi connectivity index (χ3n) is 3.64. The molecule has 1 aromatic rings. The van der Waals surface area contributed by atoms with E-state index < -0.39 is 0 Å². The van der Waals surface area contributed by atoms with E-state index >= 15 is 0 Å². The second kappa shape index (κ2) is 10.7. The molecular formula is C16H26Cl2FN3O. The Morgan fingerprint density at radius 2 is 2.09 bits per heavy atom. The van der Waals surface area contributed by atoms with Gasteiger partial charge in [0.15, 0.2) is 0 Å². The first-order chi connectivity index (χ1) is 10.0. The lowest BCUT2D eigenvalue weighted by atomic mass is 10.0. The van der Waals surface area contributed by atoms with Crippen LogP contribution in [0.25, 0.3) is 0 Å². The summed E-state index contributed by atoms with van der Waals surface area (Å²) in [5.41, 5.74) is 1.26. The molecule has 2 rings (SSSR count). The molecule has 1 aliphatic rings. The lowest BCUT2D eigenvalue weighted by molar-refractivity contribution is -0.116. The standard InChI is InChI=1S/C16H24FN3O.2ClH/c1-11(2)19-14-5-4-13(17)9-15(14)20-16(21)6-3-12-7-8-18-10-12;;/h4-5,9,11-12,18-19H,3,6-8,10H2,1-2H3,(H,20,21);2*1H. The van der Waals surface area contributed by atoms with Gasteiger partial charge in [-0.3, -0.25) is 4.79 Å². The van der Waals surface area contributed by atoms with Gasteiger partial charge in [0.2, 0.25) is 5.91 Å². The Morgan fingerprint density at radius 1 is 1.35 bits per heavy atom. The van der Waals surface area contributed by atoms with Crippen molar-refractivity contribution in [1.82, 2.24) is 5.32 Å². The highest BCUT2D eigenvalue weighted by molar-refractivity contribution is 5.94. The molecule has 1 unspecified atom stereocenters. The fourth-order valence-corrected chi connectivity index (χ4v) is 2.57. The first-order valence-corrected chi connectivity index (χ1v) is 7.61. The van der Waals surface area contributed by atoms with Gasteiger partial charge in [-0.2, -0.15) is 0 Å². The minimum Gasteiger partial charge on any atom is -0.381 e. The van der Waals surface area contributed by atoms with Crippen LogP contribution in [0.15, 0.2) is 18.2 Å². The van der Waals surface area contributed by atoms with Crippen LogP contribution in [-0.4, -0.2) is 25.0 Å². The van der Waals surface area contributed by atoms with Crippen molar-refractivity contribution in [2.24, 2.45) is 5.92 Å². The van der Waals surface area contributed by atoms with Crippen LogP contribution < -0.4 is 16.0 Å². The molecular weight excluding hydrogens is 340 g/mol. The molecule has 0 bridgehead atoms. The van der Waals surface area contributed by atoms with Gasteiger partial charge in [-0.15, -0.1) is 24.8 Å². The lowest BCUT2D eigenvalue weighted by Gasteiger charge is -2.16. The molecule has 1 aliphatic heterocycles. The number of nitrogens with one attached hydrogen (secondary N) is 3. The Labute approximate surface area is 149 Å². The van der Waals surface area contributed by atoms with Crippen LogP contribution in [0.1, 0.15) is 33.1 Å². The first kappa shape index (κ1) is 22.0. The van der Waals surface area contributed by atoms with Crippen molar-refractivity contribution in [3.05, 3.63) is 24.0 Å². The van der Waals surface area contributed by atoms with Crippen LogP contribution in [0.3, 0.4) is 0 Å². The van der Waals surface area contributed by atoms with E-state index in [0.29, 0.717) is 18.0 Å². The van der Waals surface area contributed by atoms with E-state index in [1.807, 2.05) is 13.8 Å². The van der Waals surface area contributed by atoms with Crippen molar-refractivity contribution in [3.63, 3.8) is 0 Å². The number of rotatable bonds is 6. The zero-order valence-corrected chi connectivity index (χ0v) is 15.2. The van der Waals surface area contributed by atoms with Gasteiger partial charge in [-0.05, 0) is 63.9 Å². The summed E-state index contributed by atoms with van der Waals surface area (Å²) in [7, 11) is 0. The lowest BCUT2D eigenvalue weighted by Crippen LogP contribution is -2.17. The van der Waals surface area contributed by atoms with Gasteiger partial charge < -0.3 is 16.0 Å². The maximum absolute atomic E-state index is 13.4. The van der Waals surface area contributed by atoms with Gasteiger partial charge in [0.1, 0.15) is 5.82 Å². The summed E-state index contributed by atoms with van der Waals surface area (Å²) in [5, 5.41) is 9.32. The van der Waals surface area contributed by atoms with E-state index in [0.717, 1.165) is 31.6 Å². The molecule has 7 heteroatoms. The van der Waals surface area contributed by atoms with E-state index in [9.17, 15) is 9.18 Å². The van der Waals surface area contributed by atoms with Gasteiger partial charge in [-0.1, -0.05) is 0 Å². The molecule has 0 radical (unpaired) electrons. The summed E-state index contributed by atoms with van der Waals surface area (Å²) < 4.78 is 13.4. The molecule has 132 valence electrons. The third kappa shape index (κ3) is 7.38. The molecule has 1 heterocycles. The number of benzene rings is 1. The summed E-state index contributed by atoms with van der Waals surface area (Å²) in [6.07, 6.45) is 2.48. The Hall–Kier alpha value is -1.04. The zero-order valence-electron chi connectivity index (χ0n) is 13.5. The van der Waals surface area contributed by atoms with Gasteiger partial charge in [-0.25, -0.2) is 4.39 Å². The maximum atomic E-state index is 13.4. The largest absolute Gasteiger partial charge is 0.381 e. The molecule has 23 heavy (non-hydrogen) atoms. The molecule has 1 saturated heterocycles. The molecule has 4 nitrogen and oxygen atoms in total. The number of anilines is 2. The Balaban J connectivity index is 0.00000242. The molecule has 1 fully saturated rings. The fourth-order valence-electron chi connectivity index (χ4n) is 2.57. The number of amides is 1. The van der Waals surface area contributed by atoms with E-state index in [4.69, 9.17) is 0 Å². The third-order valence-corrected chi connectivity index (χ3v) is 3.64. The van der Waals surface area contributed by atoms with Crippen LogP contribution in [0.5, 0.6) is 0 Å².